The fourth-order valence-electron chi connectivity index (χ4n) is 3.66. The molecule has 3 rings (SSSR count). The van der Waals surface area contributed by atoms with Crippen molar-refractivity contribution >= 4 is 5.91 Å². The molecule has 6 nitrogen and oxygen atoms in total. The number of carbonyl (C=O) groups is 1. The topological polar surface area (TPSA) is 65.4 Å². The fraction of sp³-hybridized carbons (Fsp3) is 0.500. The van der Waals surface area contributed by atoms with Crippen LogP contribution in [0.25, 0.3) is 0 Å². The molecule has 1 atom stereocenters. The van der Waals surface area contributed by atoms with Crippen molar-refractivity contribution in [3.63, 3.8) is 0 Å². The highest BCUT2D eigenvalue weighted by Crippen LogP contribution is 2.31. The smallest absolute Gasteiger partial charge is 0.223 e. The molecule has 1 aromatic carbocycles. The summed E-state index contributed by atoms with van der Waals surface area (Å²) in [7, 11) is 5.31. The third-order valence-corrected chi connectivity index (χ3v) is 5.23. The number of benzene rings is 1. The minimum Gasteiger partial charge on any atom is -0.496 e. The maximum absolute atomic E-state index is 13.0. The highest BCUT2D eigenvalue weighted by molar-refractivity contribution is 5.79. The minimum atomic E-state index is -0.348. The Morgan fingerprint density at radius 3 is 2.58 bits per heavy atom. The number of nitrogens with one attached hydrogen (secondary N) is 1. The van der Waals surface area contributed by atoms with E-state index < -0.39 is 0 Å². The van der Waals surface area contributed by atoms with E-state index in [2.05, 4.69) is 10.3 Å². The zero-order valence-corrected chi connectivity index (χ0v) is 15.6. The average Bonchev–Trinajstić information content (AvgIpc) is 3.11. The van der Waals surface area contributed by atoms with Crippen molar-refractivity contribution < 1.29 is 14.3 Å². The molecule has 0 aliphatic heterocycles. The van der Waals surface area contributed by atoms with Gasteiger partial charge in [0.25, 0.3) is 0 Å². The van der Waals surface area contributed by atoms with Gasteiger partial charge in [0.2, 0.25) is 5.91 Å². The molecule has 0 bridgehead atoms. The van der Waals surface area contributed by atoms with Crippen LogP contribution in [0, 0.1) is 5.92 Å². The van der Waals surface area contributed by atoms with Gasteiger partial charge < -0.3 is 19.4 Å². The second-order valence-electron chi connectivity index (χ2n) is 6.79. The van der Waals surface area contributed by atoms with Crippen LogP contribution in [0.15, 0.2) is 36.7 Å². The number of hydrogen-bond donors (Lipinski definition) is 1. The summed E-state index contributed by atoms with van der Waals surface area (Å²) in [4.78, 5) is 17.4. The molecule has 1 amide bonds. The van der Waals surface area contributed by atoms with Crippen LogP contribution in [0.1, 0.15) is 43.1 Å². The molecule has 26 heavy (non-hydrogen) atoms. The van der Waals surface area contributed by atoms with Gasteiger partial charge in [-0.15, -0.1) is 0 Å². The Kier molecular flexibility index (Phi) is 5.93. The molecule has 1 saturated carbocycles. The number of imidazole rings is 1. The minimum absolute atomic E-state index is 0.0128. The van der Waals surface area contributed by atoms with Crippen molar-refractivity contribution in [2.45, 2.75) is 37.8 Å². The maximum Gasteiger partial charge on any atom is 0.223 e. The molecular formula is C20H27N3O3. The van der Waals surface area contributed by atoms with Gasteiger partial charge in [-0.1, -0.05) is 18.2 Å². The number of carbonyl (C=O) groups excluding carboxylic acids is 1. The lowest BCUT2D eigenvalue weighted by molar-refractivity contribution is -0.127. The van der Waals surface area contributed by atoms with Crippen LogP contribution in [0.3, 0.4) is 0 Å². The van der Waals surface area contributed by atoms with Crippen LogP contribution in [0.5, 0.6) is 5.75 Å². The summed E-state index contributed by atoms with van der Waals surface area (Å²) in [5.41, 5.74) is 0.906. The number of ether oxygens (including phenoxy) is 2. The van der Waals surface area contributed by atoms with Crippen molar-refractivity contribution in [3.8, 4) is 5.75 Å². The van der Waals surface area contributed by atoms with Gasteiger partial charge in [0.05, 0.1) is 13.2 Å². The van der Waals surface area contributed by atoms with Gasteiger partial charge >= 0.3 is 0 Å². The Balaban J connectivity index is 1.83. The molecule has 1 aliphatic rings. The average molecular weight is 357 g/mol. The molecule has 1 fully saturated rings. The predicted molar refractivity (Wildman–Crippen MR) is 98.9 cm³/mol. The first-order valence-electron chi connectivity index (χ1n) is 9.07. The van der Waals surface area contributed by atoms with Crippen molar-refractivity contribution in [2.24, 2.45) is 13.0 Å². The van der Waals surface area contributed by atoms with E-state index in [-0.39, 0.29) is 24.0 Å². The second kappa shape index (κ2) is 8.36. The van der Waals surface area contributed by atoms with Gasteiger partial charge in [-0.2, -0.15) is 0 Å². The first kappa shape index (κ1) is 18.5. The summed E-state index contributed by atoms with van der Waals surface area (Å²) in [6, 6.07) is 7.40. The van der Waals surface area contributed by atoms with E-state index in [4.69, 9.17) is 9.47 Å². The molecule has 1 heterocycles. The molecule has 1 N–H and O–H groups in total. The monoisotopic (exact) mass is 357 g/mol. The van der Waals surface area contributed by atoms with E-state index in [1.54, 1.807) is 20.4 Å². The van der Waals surface area contributed by atoms with Crippen molar-refractivity contribution in [1.82, 2.24) is 14.9 Å². The van der Waals surface area contributed by atoms with Gasteiger partial charge in [-0.25, -0.2) is 4.98 Å². The normalized spacial score (nSPS) is 21.2. The number of aryl methyl sites for hydroxylation is 1. The Morgan fingerprint density at radius 1 is 1.23 bits per heavy atom. The van der Waals surface area contributed by atoms with Crippen LogP contribution in [-0.4, -0.2) is 35.8 Å². The molecule has 1 unspecified atom stereocenters. The highest BCUT2D eigenvalue weighted by Gasteiger charge is 2.30. The Labute approximate surface area is 154 Å². The molecule has 1 aromatic heterocycles. The van der Waals surface area contributed by atoms with Crippen LogP contribution >= 0.6 is 0 Å². The number of nitrogens with zero attached hydrogens (tertiary/aromatic N) is 2. The molecule has 140 valence electrons. The molecule has 6 heteroatoms. The van der Waals surface area contributed by atoms with Crippen molar-refractivity contribution in [2.75, 3.05) is 14.2 Å². The standard InChI is InChI=1S/C20H27N3O3/c1-23-13-12-21-19(23)18(16-6-4-5-7-17(16)26-3)22-20(24)14-8-10-15(25-2)11-9-14/h4-7,12-15,18H,8-11H2,1-3H3,(H,22,24). The number of methoxy groups -OCH3 is 2. The third kappa shape index (κ3) is 3.90. The quantitative estimate of drug-likeness (QED) is 0.863. The van der Waals surface area contributed by atoms with Crippen molar-refractivity contribution in [3.05, 3.63) is 48.0 Å². The van der Waals surface area contributed by atoms with E-state index >= 15 is 0 Å². The van der Waals surface area contributed by atoms with E-state index in [0.717, 1.165) is 42.8 Å². The second-order valence-corrected chi connectivity index (χ2v) is 6.79. The number of para-hydroxylation sites is 1. The Morgan fingerprint density at radius 2 is 1.96 bits per heavy atom. The van der Waals surface area contributed by atoms with E-state index in [0.29, 0.717) is 0 Å². The third-order valence-electron chi connectivity index (χ3n) is 5.23. The largest absolute Gasteiger partial charge is 0.496 e. The Bertz CT molecular complexity index is 735. The Hall–Kier alpha value is -2.34. The lowest BCUT2D eigenvalue weighted by Crippen LogP contribution is -2.38. The van der Waals surface area contributed by atoms with Gasteiger partial charge in [0.15, 0.2) is 0 Å². The lowest BCUT2D eigenvalue weighted by atomic mass is 9.86. The van der Waals surface area contributed by atoms with Gasteiger partial charge in [0.1, 0.15) is 17.6 Å². The summed E-state index contributed by atoms with van der Waals surface area (Å²) in [5.74, 6) is 1.61. The van der Waals surface area contributed by atoms with E-state index in [1.165, 1.54) is 0 Å². The van der Waals surface area contributed by atoms with Crippen LogP contribution in [0.2, 0.25) is 0 Å². The van der Waals surface area contributed by atoms with Gasteiger partial charge in [-0.05, 0) is 31.7 Å². The van der Waals surface area contributed by atoms with E-state index in [9.17, 15) is 4.79 Å². The van der Waals surface area contributed by atoms with E-state index in [1.807, 2.05) is 42.1 Å². The number of aromatic nitrogens is 2. The van der Waals surface area contributed by atoms with Crippen molar-refractivity contribution in [1.29, 1.82) is 0 Å². The zero-order valence-electron chi connectivity index (χ0n) is 15.6. The van der Waals surface area contributed by atoms with Crippen LogP contribution in [0.4, 0.5) is 0 Å². The summed E-state index contributed by atoms with van der Waals surface area (Å²) in [6.07, 6.45) is 7.46. The molecule has 2 aromatic rings. The summed E-state index contributed by atoms with van der Waals surface area (Å²) in [5, 5.41) is 3.21. The zero-order chi connectivity index (χ0) is 18.5. The number of amides is 1. The number of rotatable bonds is 6. The first-order chi connectivity index (χ1) is 12.6. The fourth-order valence-corrected chi connectivity index (χ4v) is 3.66. The van der Waals surface area contributed by atoms with Gasteiger partial charge in [-0.3, -0.25) is 4.79 Å². The molecule has 0 radical (unpaired) electrons. The molecule has 0 spiro atoms. The summed E-state index contributed by atoms with van der Waals surface area (Å²) < 4.78 is 12.9. The summed E-state index contributed by atoms with van der Waals surface area (Å²) >= 11 is 0. The highest BCUT2D eigenvalue weighted by atomic mass is 16.5. The first-order valence-corrected chi connectivity index (χ1v) is 9.07. The predicted octanol–water partition coefficient (Wildman–Crippen LogP) is 2.84. The SMILES string of the molecule is COc1ccccc1C(NC(=O)C1CCC(OC)CC1)c1nccn1C. The molecule has 1 aliphatic carbocycles. The molecular weight excluding hydrogens is 330 g/mol. The molecule has 0 saturated heterocycles. The maximum atomic E-state index is 13.0. The van der Waals surface area contributed by atoms with Crippen LogP contribution < -0.4 is 10.1 Å². The van der Waals surface area contributed by atoms with Crippen LogP contribution in [-0.2, 0) is 16.6 Å². The van der Waals surface area contributed by atoms with Gasteiger partial charge in [0, 0.05) is 38.0 Å². The number of hydrogen-bond acceptors (Lipinski definition) is 4. The lowest BCUT2D eigenvalue weighted by Gasteiger charge is -2.29. The summed E-state index contributed by atoms with van der Waals surface area (Å²) in [6.45, 7) is 0.